The van der Waals surface area contributed by atoms with Crippen LogP contribution in [-0.2, 0) is 9.59 Å². The maximum atomic E-state index is 12.7. The molecule has 13 heteroatoms. The average molecular weight is 430 g/mol. The van der Waals surface area contributed by atoms with E-state index in [1.807, 2.05) is 20.8 Å². The number of guanidine groups is 1. The van der Waals surface area contributed by atoms with Gasteiger partial charge in [0.2, 0.25) is 11.8 Å². The van der Waals surface area contributed by atoms with Crippen LogP contribution in [0.3, 0.4) is 0 Å². The van der Waals surface area contributed by atoms with E-state index in [1.165, 1.54) is 0 Å². The summed E-state index contributed by atoms with van der Waals surface area (Å²) in [5.41, 5.74) is 1.66. The van der Waals surface area contributed by atoms with Crippen LogP contribution in [0.15, 0.2) is 0 Å². The Morgan fingerprint density at radius 2 is 1.83 bits per heavy atom. The summed E-state index contributed by atoms with van der Waals surface area (Å²) >= 11 is 0. The highest BCUT2D eigenvalue weighted by Gasteiger charge is 2.29. The van der Waals surface area contributed by atoms with E-state index >= 15 is 0 Å². The van der Waals surface area contributed by atoms with Crippen molar-refractivity contribution in [2.24, 2.45) is 5.92 Å². The molecule has 2 atom stereocenters. The molecule has 0 aromatic rings. The number of unbranched alkanes of at least 4 members (excludes halogenated alkanes) is 2. The van der Waals surface area contributed by atoms with Gasteiger partial charge in [-0.25, -0.2) is 10.1 Å². The summed E-state index contributed by atoms with van der Waals surface area (Å²) in [6.07, 6.45) is 3.74. The molecule has 0 radical (unpaired) electrons. The van der Waals surface area contributed by atoms with Crippen molar-refractivity contribution in [1.29, 1.82) is 5.41 Å². The molecule has 0 heterocycles. The predicted molar refractivity (Wildman–Crippen MR) is 113 cm³/mol. The largest absolute Gasteiger partial charge is 0.475 e. The highest BCUT2D eigenvalue weighted by atomic mass is 16.7. The molecular weight excluding hydrogens is 395 g/mol. The Morgan fingerprint density at radius 1 is 1.17 bits per heavy atom. The van der Waals surface area contributed by atoms with Crippen LogP contribution in [0.4, 0.5) is 0 Å². The molecular formula is C17H35BN6O6. The lowest BCUT2D eigenvalue weighted by atomic mass is 9.75. The van der Waals surface area contributed by atoms with Crippen molar-refractivity contribution in [3.63, 3.8) is 0 Å². The molecule has 0 bridgehead atoms. The molecule has 12 nitrogen and oxygen atoms in total. The minimum absolute atomic E-state index is 0.114. The van der Waals surface area contributed by atoms with Gasteiger partial charge in [-0.1, -0.05) is 39.0 Å². The molecule has 7 N–H and O–H groups in total. The number of hydrogen-bond acceptors (Lipinski definition) is 7. The van der Waals surface area contributed by atoms with Crippen LogP contribution in [0.5, 0.6) is 0 Å². The van der Waals surface area contributed by atoms with Crippen LogP contribution < -0.4 is 21.4 Å². The van der Waals surface area contributed by atoms with Crippen molar-refractivity contribution in [2.45, 2.75) is 77.7 Å². The molecule has 0 aromatic heterocycles. The lowest BCUT2D eigenvalue weighted by Crippen LogP contribution is -2.54. The summed E-state index contributed by atoms with van der Waals surface area (Å²) in [6, 6.07) is -0.896. The minimum atomic E-state index is -1.73. The molecule has 0 saturated carbocycles. The lowest BCUT2D eigenvalue weighted by Gasteiger charge is -2.24. The molecule has 0 aromatic carbocycles. The molecule has 0 spiro atoms. The smallest absolute Gasteiger partial charge is 0.426 e. The van der Waals surface area contributed by atoms with Crippen LogP contribution in [0.25, 0.3) is 0 Å². The minimum Gasteiger partial charge on any atom is -0.426 e. The first-order valence-corrected chi connectivity index (χ1v) is 10.3. The zero-order chi connectivity index (χ0) is 23.1. The number of nitro groups is 1. The van der Waals surface area contributed by atoms with E-state index in [4.69, 9.17) is 5.41 Å². The van der Waals surface area contributed by atoms with Gasteiger partial charge in [-0.3, -0.25) is 15.0 Å². The number of nitrogens with one attached hydrogen (secondary N) is 5. The summed E-state index contributed by atoms with van der Waals surface area (Å²) in [4.78, 5) is 35.1. The third-order valence-corrected chi connectivity index (χ3v) is 4.25. The Balaban J connectivity index is 4.86. The van der Waals surface area contributed by atoms with Crippen LogP contribution in [-0.4, -0.2) is 58.5 Å². The Kier molecular flexibility index (Phi) is 14.2. The van der Waals surface area contributed by atoms with Crippen LogP contribution in [0.2, 0.25) is 0 Å². The summed E-state index contributed by atoms with van der Waals surface area (Å²) in [5.74, 6) is -2.04. The first-order chi connectivity index (χ1) is 14.1. The molecule has 172 valence electrons. The molecule has 0 unspecified atom stereocenters. The predicted octanol–water partition coefficient (Wildman–Crippen LogP) is -0.320. The van der Waals surface area contributed by atoms with Gasteiger partial charge in [0.1, 0.15) is 6.04 Å². The fraction of sp³-hybridized carbons (Fsp3) is 0.824. The van der Waals surface area contributed by atoms with E-state index in [9.17, 15) is 29.8 Å². The summed E-state index contributed by atoms with van der Waals surface area (Å²) in [6.45, 7) is 5.96. The van der Waals surface area contributed by atoms with E-state index < -0.39 is 36.0 Å². The molecule has 0 fully saturated rings. The van der Waals surface area contributed by atoms with Gasteiger partial charge in [0.05, 0.1) is 5.94 Å². The maximum Gasteiger partial charge on any atom is 0.475 e. The van der Waals surface area contributed by atoms with Gasteiger partial charge in [-0.15, -0.1) is 0 Å². The van der Waals surface area contributed by atoms with Crippen molar-refractivity contribution in [3.05, 3.63) is 10.1 Å². The summed E-state index contributed by atoms with van der Waals surface area (Å²) in [7, 11) is -1.73. The van der Waals surface area contributed by atoms with Crippen LogP contribution in [0.1, 0.15) is 65.7 Å². The van der Waals surface area contributed by atoms with E-state index in [-0.39, 0.29) is 31.2 Å². The normalized spacial score (nSPS) is 12.6. The fourth-order valence-corrected chi connectivity index (χ4v) is 2.77. The number of carbonyl (C=O) groups is 2. The number of amides is 2. The zero-order valence-electron chi connectivity index (χ0n) is 17.9. The van der Waals surface area contributed by atoms with Crippen molar-refractivity contribution in [2.75, 3.05) is 6.54 Å². The van der Waals surface area contributed by atoms with E-state index in [1.54, 1.807) is 5.43 Å². The van der Waals surface area contributed by atoms with Gasteiger partial charge < -0.3 is 26.0 Å². The Morgan fingerprint density at radius 3 is 2.37 bits per heavy atom. The maximum absolute atomic E-state index is 12.7. The quantitative estimate of drug-likeness (QED) is 0.0459. The molecule has 30 heavy (non-hydrogen) atoms. The third kappa shape index (κ3) is 13.7. The van der Waals surface area contributed by atoms with Gasteiger partial charge in [0.15, 0.2) is 5.03 Å². The second-order valence-electron chi connectivity index (χ2n) is 7.55. The second kappa shape index (κ2) is 15.4. The van der Waals surface area contributed by atoms with E-state index in [0.29, 0.717) is 19.3 Å². The second-order valence-corrected chi connectivity index (χ2v) is 7.55. The first-order valence-electron chi connectivity index (χ1n) is 10.3. The number of hydrazine groups is 1. The zero-order valence-corrected chi connectivity index (χ0v) is 17.9. The standard InChI is InChI=1S/C17H35BN6O6/c1-4-5-6-9-15(25)21-13(8-7-10-20-17(19)23-24(29)30)16(26)22-14(18(27)28)11-12(2)3/h12-14,27-28H,4-11H2,1-3H3,(H,21,25)(H,22,26)(H3,19,20,23)/t13-,14-/m0/s1. The Hall–Kier alpha value is -2.41. The van der Waals surface area contributed by atoms with Crippen LogP contribution >= 0.6 is 0 Å². The molecule has 0 aliphatic rings. The number of carbonyl (C=O) groups excluding carboxylic acids is 2. The molecule has 2 amide bonds. The van der Waals surface area contributed by atoms with Gasteiger partial charge in [0.25, 0.3) is 5.96 Å². The van der Waals surface area contributed by atoms with Crippen molar-refractivity contribution in [1.82, 2.24) is 21.4 Å². The van der Waals surface area contributed by atoms with Gasteiger partial charge in [-0.2, -0.15) is 0 Å². The molecule has 0 rings (SSSR count). The van der Waals surface area contributed by atoms with Gasteiger partial charge in [-0.05, 0) is 31.6 Å². The third-order valence-electron chi connectivity index (χ3n) is 4.25. The summed E-state index contributed by atoms with van der Waals surface area (Å²) < 4.78 is 0. The molecule has 0 aliphatic carbocycles. The Bertz CT molecular complexity index is 563. The molecule has 0 aliphatic heterocycles. The topological polar surface area (TPSA) is 190 Å². The number of hydrogen-bond donors (Lipinski definition) is 7. The lowest BCUT2D eigenvalue weighted by molar-refractivity contribution is -0.525. The highest BCUT2D eigenvalue weighted by Crippen LogP contribution is 2.08. The van der Waals surface area contributed by atoms with Gasteiger partial charge in [0, 0.05) is 13.0 Å². The van der Waals surface area contributed by atoms with Crippen molar-refractivity contribution < 1.29 is 24.7 Å². The van der Waals surface area contributed by atoms with E-state index in [0.717, 1.165) is 12.8 Å². The monoisotopic (exact) mass is 430 g/mol. The van der Waals surface area contributed by atoms with Crippen molar-refractivity contribution >= 4 is 24.9 Å². The summed E-state index contributed by atoms with van der Waals surface area (Å²) in [5, 5.41) is 43.5. The number of rotatable bonds is 15. The highest BCUT2D eigenvalue weighted by molar-refractivity contribution is 6.43. The van der Waals surface area contributed by atoms with E-state index in [2.05, 4.69) is 16.0 Å². The van der Waals surface area contributed by atoms with Crippen molar-refractivity contribution in [3.8, 4) is 0 Å². The van der Waals surface area contributed by atoms with Gasteiger partial charge >= 0.3 is 7.12 Å². The molecule has 0 saturated heterocycles. The fourth-order valence-electron chi connectivity index (χ4n) is 2.77. The Labute approximate surface area is 177 Å². The SMILES string of the molecule is CCCCCC(=O)N[C@@H](CCCNC(=N)N[N+](=O)[O-])C(=O)N[C@@H](CC(C)C)B(O)O. The van der Waals surface area contributed by atoms with Crippen LogP contribution in [0, 0.1) is 21.4 Å². The first kappa shape index (κ1) is 27.6. The average Bonchev–Trinajstić information content (AvgIpc) is 2.62. The number of nitrogens with zero attached hydrogens (tertiary/aromatic N) is 1.